The molecule has 4 rings (SSSR count). The Morgan fingerprint density at radius 2 is 2.07 bits per heavy atom. The van der Waals surface area contributed by atoms with E-state index in [2.05, 4.69) is 35.3 Å². The lowest BCUT2D eigenvalue weighted by atomic mass is 9.95. The van der Waals surface area contributed by atoms with Crippen LogP contribution in [0.2, 0.25) is 0 Å². The highest BCUT2D eigenvalue weighted by Gasteiger charge is 2.28. The Balaban J connectivity index is 1.41. The van der Waals surface area contributed by atoms with Crippen LogP contribution < -0.4 is 10.2 Å². The van der Waals surface area contributed by atoms with Crippen molar-refractivity contribution in [1.82, 2.24) is 30.4 Å². The molecule has 1 amide bonds. The summed E-state index contributed by atoms with van der Waals surface area (Å²) < 4.78 is 5.41. The molecule has 0 radical (unpaired) electrons. The number of anilines is 1. The van der Waals surface area contributed by atoms with Crippen molar-refractivity contribution < 1.29 is 9.32 Å². The van der Waals surface area contributed by atoms with E-state index in [1.807, 2.05) is 26.2 Å². The number of rotatable bonds is 6. The third kappa shape index (κ3) is 4.48. The van der Waals surface area contributed by atoms with E-state index in [-0.39, 0.29) is 11.8 Å². The van der Waals surface area contributed by atoms with Gasteiger partial charge < -0.3 is 14.7 Å². The number of aryl methyl sites for hydroxylation is 3. The summed E-state index contributed by atoms with van der Waals surface area (Å²) in [6.07, 6.45) is 3.95. The molecule has 1 aliphatic rings. The minimum absolute atomic E-state index is 0.0104. The number of aromatic nitrogens is 5. The second-order valence-electron chi connectivity index (χ2n) is 7.39. The summed E-state index contributed by atoms with van der Waals surface area (Å²) in [4.78, 5) is 32.5. The first-order chi connectivity index (χ1) is 14.5. The summed E-state index contributed by atoms with van der Waals surface area (Å²) in [5, 5.41) is 9.94. The molecule has 0 bridgehead atoms. The van der Waals surface area contributed by atoms with Crippen molar-refractivity contribution >= 4 is 23.1 Å². The van der Waals surface area contributed by atoms with Crippen molar-refractivity contribution in [1.29, 1.82) is 0 Å². The molecule has 0 unspecified atom stereocenters. The van der Waals surface area contributed by atoms with Crippen molar-refractivity contribution in [2.45, 2.75) is 46.6 Å². The fraction of sp³-hybridized carbons (Fsp3) is 0.500. The zero-order chi connectivity index (χ0) is 21.1. The summed E-state index contributed by atoms with van der Waals surface area (Å²) in [7, 11) is 0. The molecule has 1 saturated heterocycles. The van der Waals surface area contributed by atoms with Gasteiger partial charge in [0.2, 0.25) is 5.91 Å². The Morgan fingerprint density at radius 1 is 1.27 bits per heavy atom. The van der Waals surface area contributed by atoms with Gasteiger partial charge in [-0.1, -0.05) is 12.1 Å². The maximum atomic E-state index is 12.6. The van der Waals surface area contributed by atoms with Gasteiger partial charge >= 0.3 is 0 Å². The maximum absolute atomic E-state index is 12.6. The number of nitrogens with one attached hydrogen (secondary N) is 1. The molecular weight excluding hydrogens is 402 g/mol. The minimum atomic E-state index is -0.0104. The quantitative estimate of drug-likeness (QED) is 0.639. The molecule has 158 valence electrons. The minimum Gasteiger partial charge on any atom is -0.356 e. The van der Waals surface area contributed by atoms with Crippen molar-refractivity contribution in [2.24, 2.45) is 5.92 Å². The first kappa shape index (κ1) is 20.4. The Bertz CT molecular complexity index is 1020. The van der Waals surface area contributed by atoms with Crippen LogP contribution in [-0.4, -0.2) is 44.1 Å². The first-order valence-electron chi connectivity index (χ1n) is 10.1. The Labute approximate surface area is 179 Å². The fourth-order valence-electron chi connectivity index (χ4n) is 3.50. The van der Waals surface area contributed by atoms with Crippen LogP contribution in [-0.2, 0) is 17.8 Å². The van der Waals surface area contributed by atoms with Crippen LogP contribution in [0.5, 0.6) is 0 Å². The van der Waals surface area contributed by atoms with Crippen LogP contribution in [0.15, 0.2) is 16.1 Å². The number of hydrogen-bond acceptors (Lipinski definition) is 9. The van der Waals surface area contributed by atoms with E-state index in [1.165, 1.54) is 0 Å². The number of carbonyl (C=O) groups is 1. The topological polar surface area (TPSA) is 110 Å². The molecule has 0 spiro atoms. The number of amides is 1. The molecule has 9 nitrogen and oxygen atoms in total. The van der Waals surface area contributed by atoms with Gasteiger partial charge in [-0.2, -0.15) is 4.98 Å². The molecule has 1 N–H and O–H groups in total. The van der Waals surface area contributed by atoms with Crippen LogP contribution in [0.4, 0.5) is 5.82 Å². The number of hydrogen-bond donors (Lipinski definition) is 1. The zero-order valence-corrected chi connectivity index (χ0v) is 18.2. The molecule has 1 fully saturated rings. The molecule has 3 aromatic rings. The fourth-order valence-corrected chi connectivity index (χ4v) is 4.21. The molecular formula is C20H25N7O2S. The van der Waals surface area contributed by atoms with E-state index in [0.29, 0.717) is 30.5 Å². The highest BCUT2D eigenvalue weighted by molar-refractivity contribution is 7.09. The van der Waals surface area contributed by atoms with E-state index in [1.54, 1.807) is 17.5 Å². The second kappa shape index (κ2) is 8.86. The largest absolute Gasteiger partial charge is 0.356 e. The van der Waals surface area contributed by atoms with E-state index in [4.69, 9.17) is 4.52 Å². The summed E-state index contributed by atoms with van der Waals surface area (Å²) in [6.45, 7) is 7.74. The smallest absolute Gasteiger partial charge is 0.263 e. The normalized spacial score (nSPS) is 14.8. The molecule has 0 saturated carbocycles. The third-order valence-electron chi connectivity index (χ3n) is 5.15. The molecule has 3 aromatic heterocycles. The van der Waals surface area contributed by atoms with Gasteiger partial charge in [0.25, 0.3) is 5.89 Å². The Hall–Kier alpha value is -2.88. The molecule has 0 aliphatic carbocycles. The number of nitrogens with zero attached hydrogens (tertiary/aromatic N) is 6. The van der Waals surface area contributed by atoms with Crippen molar-refractivity contribution in [3.63, 3.8) is 0 Å². The van der Waals surface area contributed by atoms with E-state index in [0.717, 1.165) is 48.0 Å². The highest BCUT2D eigenvalue weighted by Crippen LogP contribution is 2.30. The molecule has 30 heavy (non-hydrogen) atoms. The second-order valence-corrected chi connectivity index (χ2v) is 8.33. The van der Waals surface area contributed by atoms with Gasteiger partial charge in [0.1, 0.15) is 22.2 Å². The first-order valence-corrected chi connectivity index (χ1v) is 11.0. The molecule has 4 heterocycles. The van der Waals surface area contributed by atoms with Crippen LogP contribution in [0.1, 0.15) is 42.1 Å². The SMILES string of the molecule is CCc1noc(-c2cnc(C)nc2N2CCC(C(=O)NCc3nc(C)cs3)CC2)n1. The zero-order valence-electron chi connectivity index (χ0n) is 17.4. The van der Waals surface area contributed by atoms with Crippen LogP contribution in [0.25, 0.3) is 11.5 Å². The Morgan fingerprint density at radius 3 is 2.73 bits per heavy atom. The van der Waals surface area contributed by atoms with Gasteiger partial charge in [-0.05, 0) is 26.7 Å². The number of carbonyl (C=O) groups excluding carboxylic acids is 1. The van der Waals surface area contributed by atoms with Gasteiger partial charge in [-0.3, -0.25) is 4.79 Å². The number of piperidine rings is 1. The predicted octanol–water partition coefficient (Wildman–Crippen LogP) is 2.70. The van der Waals surface area contributed by atoms with Crippen molar-refractivity contribution in [3.05, 3.63) is 33.9 Å². The van der Waals surface area contributed by atoms with E-state index in [9.17, 15) is 4.79 Å². The lowest BCUT2D eigenvalue weighted by Crippen LogP contribution is -2.41. The van der Waals surface area contributed by atoms with Crippen LogP contribution in [0, 0.1) is 19.8 Å². The van der Waals surface area contributed by atoms with Gasteiger partial charge in [0.05, 0.1) is 6.54 Å². The summed E-state index contributed by atoms with van der Waals surface area (Å²) in [5.41, 5.74) is 1.72. The van der Waals surface area contributed by atoms with Gasteiger partial charge in [0, 0.05) is 42.7 Å². The average Bonchev–Trinajstić information content (AvgIpc) is 3.41. The monoisotopic (exact) mass is 427 g/mol. The molecule has 0 atom stereocenters. The average molecular weight is 428 g/mol. The van der Waals surface area contributed by atoms with E-state index < -0.39 is 0 Å². The lowest BCUT2D eigenvalue weighted by Gasteiger charge is -2.32. The highest BCUT2D eigenvalue weighted by atomic mass is 32.1. The van der Waals surface area contributed by atoms with Gasteiger partial charge in [-0.25, -0.2) is 15.0 Å². The molecule has 10 heteroatoms. The van der Waals surface area contributed by atoms with Crippen molar-refractivity contribution in [3.8, 4) is 11.5 Å². The number of thiazole rings is 1. The van der Waals surface area contributed by atoms with Gasteiger partial charge in [-0.15, -0.1) is 11.3 Å². The standard InChI is InChI=1S/C20H25N7O2S/c1-4-16-25-20(29-26-16)15-9-21-13(3)24-18(15)27-7-5-14(6-8-27)19(28)22-10-17-23-12(2)11-30-17/h9,11,14H,4-8,10H2,1-3H3,(H,22,28). The van der Waals surface area contributed by atoms with Crippen molar-refractivity contribution in [2.75, 3.05) is 18.0 Å². The molecule has 1 aliphatic heterocycles. The van der Waals surface area contributed by atoms with E-state index >= 15 is 0 Å². The predicted molar refractivity (Wildman–Crippen MR) is 113 cm³/mol. The van der Waals surface area contributed by atoms with Crippen LogP contribution in [0.3, 0.4) is 0 Å². The third-order valence-corrected chi connectivity index (χ3v) is 6.12. The molecule has 0 aromatic carbocycles. The van der Waals surface area contributed by atoms with Crippen LogP contribution >= 0.6 is 11.3 Å². The maximum Gasteiger partial charge on any atom is 0.263 e. The summed E-state index contributed by atoms with van der Waals surface area (Å²) in [6, 6.07) is 0. The van der Waals surface area contributed by atoms with Gasteiger partial charge in [0.15, 0.2) is 5.82 Å². The summed E-state index contributed by atoms with van der Waals surface area (Å²) in [5.74, 6) is 2.63. The lowest BCUT2D eigenvalue weighted by molar-refractivity contribution is -0.125. The Kier molecular flexibility index (Phi) is 6.03. The summed E-state index contributed by atoms with van der Waals surface area (Å²) >= 11 is 1.57.